The van der Waals surface area contributed by atoms with E-state index in [0.29, 0.717) is 5.92 Å². The lowest BCUT2D eigenvalue weighted by Crippen LogP contribution is -2.00. The molecule has 1 unspecified atom stereocenters. The van der Waals surface area contributed by atoms with Gasteiger partial charge in [0.1, 0.15) is 5.75 Å². The van der Waals surface area contributed by atoms with E-state index in [4.69, 9.17) is 4.74 Å². The van der Waals surface area contributed by atoms with Crippen LogP contribution >= 0.6 is 0 Å². The Kier molecular flexibility index (Phi) is 4.43. The number of ether oxygens (including phenoxy) is 1. The van der Waals surface area contributed by atoms with E-state index in [1.807, 2.05) is 6.92 Å². The van der Waals surface area contributed by atoms with Crippen molar-refractivity contribution in [3.8, 4) is 17.6 Å². The molecule has 0 aliphatic heterocycles. The van der Waals surface area contributed by atoms with E-state index in [1.165, 1.54) is 16.7 Å². The van der Waals surface area contributed by atoms with Gasteiger partial charge in [0.05, 0.1) is 7.11 Å². The van der Waals surface area contributed by atoms with Gasteiger partial charge in [-0.15, -0.1) is 11.8 Å². The number of benzene rings is 1. The summed E-state index contributed by atoms with van der Waals surface area (Å²) in [6, 6.07) is 4.32. The minimum atomic E-state index is 0.413. The Morgan fingerprint density at radius 2 is 1.94 bits per heavy atom. The summed E-state index contributed by atoms with van der Waals surface area (Å²) in [6.07, 6.45) is 1.01. The van der Waals surface area contributed by atoms with Crippen molar-refractivity contribution in [2.24, 2.45) is 5.92 Å². The maximum atomic E-state index is 5.31. The minimum Gasteiger partial charge on any atom is -0.496 e. The number of hydrogen-bond donors (Lipinski definition) is 0. The zero-order chi connectivity index (χ0) is 12.1. The van der Waals surface area contributed by atoms with Crippen molar-refractivity contribution in [1.82, 2.24) is 0 Å². The van der Waals surface area contributed by atoms with E-state index in [1.54, 1.807) is 7.11 Å². The highest BCUT2D eigenvalue weighted by Crippen LogP contribution is 2.24. The average molecular weight is 216 g/mol. The van der Waals surface area contributed by atoms with E-state index in [0.717, 1.165) is 12.2 Å². The molecule has 16 heavy (non-hydrogen) atoms. The van der Waals surface area contributed by atoms with Crippen LogP contribution in [0.15, 0.2) is 12.1 Å². The largest absolute Gasteiger partial charge is 0.496 e. The highest BCUT2D eigenvalue weighted by atomic mass is 16.5. The second-order valence-corrected chi connectivity index (χ2v) is 4.25. The summed E-state index contributed by atoms with van der Waals surface area (Å²) in [5.74, 6) is 7.54. The topological polar surface area (TPSA) is 9.23 Å². The molecular weight excluding hydrogens is 196 g/mol. The molecule has 0 aliphatic rings. The Labute approximate surface area is 98.8 Å². The van der Waals surface area contributed by atoms with E-state index >= 15 is 0 Å². The predicted molar refractivity (Wildman–Crippen MR) is 68.8 cm³/mol. The molecule has 0 heterocycles. The Hall–Kier alpha value is -1.42. The van der Waals surface area contributed by atoms with Crippen LogP contribution in [0, 0.1) is 31.6 Å². The van der Waals surface area contributed by atoms with Crippen LogP contribution in [0.4, 0.5) is 0 Å². The zero-order valence-corrected chi connectivity index (χ0v) is 10.8. The van der Waals surface area contributed by atoms with Crippen molar-refractivity contribution in [2.45, 2.75) is 34.1 Å². The first-order valence-electron chi connectivity index (χ1n) is 5.64. The molecule has 1 aromatic rings. The van der Waals surface area contributed by atoms with E-state index in [-0.39, 0.29) is 0 Å². The molecule has 0 saturated heterocycles. The normalized spacial score (nSPS) is 11.6. The SMILES string of the molecule is CC#CC(C)Cc1cc(C)c(OC)cc1C. The Morgan fingerprint density at radius 1 is 1.25 bits per heavy atom. The van der Waals surface area contributed by atoms with Crippen LogP contribution in [-0.2, 0) is 6.42 Å². The third kappa shape index (κ3) is 3.03. The quantitative estimate of drug-likeness (QED) is 0.702. The van der Waals surface area contributed by atoms with Crippen LogP contribution in [0.3, 0.4) is 0 Å². The van der Waals surface area contributed by atoms with Crippen LogP contribution in [0.25, 0.3) is 0 Å². The third-order valence-electron chi connectivity index (χ3n) is 2.77. The first-order valence-corrected chi connectivity index (χ1v) is 5.64. The van der Waals surface area contributed by atoms with Crippen molar-refractivity contribution in [3.05, 3.63) is 28.8 Å². The fourth-order valence-electron chi connectivity index (χ4n) is 1.92. The van der Waals surface area contributed by atoms with Gasteiger partial charge < -0.3 is 4.74 Å². The van der Waals surface area contributed by atoms with Gasteiger partial charge in [-0.25, -0.2) is 0 Å². The molecule has 0 aromatic heterocycles. The molecule has 1 atom stereocenters. The smallest absolute Gasteiger partial charge is 0.122 e. The van der Waals surface area contributed by atoms with Crippen LogP contribution in [0.5, 0.6) is 5.75 Å². The lowest BCUT2D eigenvalue weighted by Gasteiger charge is -2.12. The van der Waals surface area contributed by atoms with Crippen molar-refractivity contribution >= 4 is 0 Å². The van der Waals surface area contributed by atoms with Gasteiger partial charge in [0.15, 0.2) is 0 Å². The van der Waals surface area contributed by atoms with E-state index in [9.17, 15) is 0 Å². The molecule has 0 fully saturated rings. The molecule has 1 rings (SSSR count). The van der Waals surface area contributed by atoms with Crippen molar-refractivity contribution < 1.29 is 4.74 Å². The molecule has 0 amide bonds. The van der Waals surface area contributed by atoms with Gasteiger partial charge >= 0.3 is 0 Å². The number of methoxy groups -OCH3 is 1. The highest BCUT2D eigenvalue weighted by Gasteiger charge is 2.07. The van der Waals surface area contributed by atoms with Crippen LogP contribution < -0.4 is 4.74 Å². The highest BCUT2D eigenvalue weighted by molar-refractivity contribution is 5.41. The molecule has 0 N–H and O–H groups in total. The average Bonchev–Trinajstić information content (AvgIpc) is 2.23. The second-order valence-electron chi connectivity index (χ2n) is 4.25. The third-order valence-corrected chi connectivity index (χ3v) is 2.77. The lowest BCUT2D eigenvalue weighted by molar-refractivity contribution is 0.411. The van der Waals surface area contributed by atoms with Gasteiger partial charge in [0, 0.05) is 5.92 Å². The molecule has 0 aliphatic carbocycles. The summed E-state index contributed by atoms with van der Waals surface area (Å²) in [5, 5.41) is 0. The van der Waals surface area contributed by atoms with Gasteiger partial charge in [0.25, 0.3) is 0 Å². The van der Waals surface area contributed by atoms with Gasteiger partial charge in [-0.3, -0.25) is 0 Å². The summed E-state index contributed by atoms with van der Waals surface area (Å²) in [6.45, 7) is 8.26. The van der Waals surface area contributed by atoms with Crippen LogP contribution in [0.2, 0.25) is 0 Å². The van der Waals surface area contributed by atoms with Gasteiger partial charge in [-0.1, -0.05) is 13.0 Å². The zero-order valence-electron chi connectivity index (χ0n) is 10.8. The molecule has 0 saturated carbocycles. The Bertz CT molecular complexity index is 421. The van der Waals surface area contributed by atoms with E-state index in [2.05, 4.69) is 44.7 Å². The maximum absolute atomic E-state index is 5.31. The molecule has 0 bridgehead atoms. The molecule has 86 valence electrons. The lowest BCUT2D eigenvalue weighted by atomic mass is 9.96. The fourth-order valence-corrected chi connectivity index (χ4v) is 1.92. The second kappa shape index (κ2) is 5.61. The van der Waals surface area contributed by atoms with Gasteiger partial charge in [-0.05, 0) is 49.9 Å². The maximum Gasteiger partial charge on any atom is 0.122 e. The molecule has 1 nitrogen and oxygen atoms in total. The Balaban J connectivity index is 2.96. The first kappa shape index (κ1) is 12.6. The number of hydrogen-bond acceptors (Lipinski definition) is 1. The van der Waals surface area contributed by atoms with Crippen molar-refractivity contribution in [1.29, 1.82) is 0 Å². The molecule has 0 spiro atoms. The molecular formula is C15H20O. The van der Waals surface area contributed by atoms with E-state index < -0.39 is 0 Å². The van der Waals surface area contributed by atoms with Crippen LogP contribution in [-0.4, -0.2) is 7.11 Å². The summed E-state index contributed by atoms with van der Waals surface area (Å²) in [7, 11) is 1.71. The molecule has 0 radical (unpaired) electrons. The van der Waals surface area contributed by atoms with Gasteiger partial charge in [0.2, 0.25) is 0 Å². The fraction of sp³-hybridized carbons (Fsp3) is 0.467. The van der Waals surface area contributed by atoms with Gasteiger partial charge in [-0.2, -0.15) is 0 Å². The number of rotatable bonds is 3. The summed E-state index contributed by atoms with van der Waals surface area (Å²) in [5.41, 5.74) is 3.85. The summed E-state index contributed by atoms with van der Waals surface area (Å²) >= 11 is 0. The predicted octanol–water partition coefficient (Wildman–Crippen LogP) is 3.51. The van der Waals surface area contributed by atoms with Crippen LogP contribution in [0.1, 0.15) is 30.5 Å². The molecule has 1 heteroatoms. The standard InChI is InChI=1S/C15H20O/c1-6-7-11(2)8-14-9-13(4)15(16-5)10-12(14)3/h9-11H,8H2,1-5H3. The monoisotopic (exact) mass is 216 g/mol. The number of aryl methyl sites for hydroxylation is 2. The summed E-state index contributed by atoms with van der Waals surface area (Å²) in [4.78, 5) is 0. The van der Waals surface area contributed by atoms with Crippen molar-refractivity contribution in [3.63, 3.8) is 0 Å². The Morgan fingerprint density at radius 3 is 2.50 bits per heavy atom. The van der Waals surface area contributed by atoms with Crippen molar-refractivity contribution in [2.75, 3.05) is 7.11 Å². The molecule has 1 aromatic carbocycles. The first-order chi connectivity index (χ1) is 7.58. The minimum absolute atomic E-state index is 0.413. The summed E-state index contributed by atoms with van der Waals surface area (Å²) < 4.78 is 5.31.